The van der Waals surface area contributed by atoms with Gasteiger partial charge in [-0.25, -0.2) is 0 Å². The number of benzene rings is 1. The SMILES string of the molecule is COc1ccccc1C(CN)C1CCCCN1. The van der Waals surface area contributed by atoms with Crippen molar-refractivity contribution in [2.45, 2.75) is 31.2 Å². The smallest absolute Gasteiger partial charge is 0.122 e. The number of nitrogens with one attached hydrogen (secondary N) is 1. The summed E-state index contributed by atoms with van der Waals surface area (Å²) in [6.07, 6.45) is 3.78. The number of hydrogen-bond donors (Lipinski definition) is 2. The van der Waals surface area contributed by atoms with E-state index in [0.717, 1.165) is 12.3 Å². The van der Waals surface area contributed by atoms with Crippen LogP contribution in [0.25, 0.3) is 0 Å². The minimum Gasteiger partial charge on any atom is -0.496 e. The van der Waals surface area contributed by atoms with Gasteiger partial charge in [-0.1, -0.05) is 24.6 Å². The zero-order chi connectivity index (χ0) is 12.1. The summed E-state index contributed by atoms with van der Waals surface area (Å²) in [4.78, 5) is 0. The molecule has 3 heteroatoms. The lowest BCUT2D eigenvalue weighted by atomic mass is 9.86. The Kier molecular flexibility index (Phi) is 4.40. The molecule has 0 spiro atoms. The van der Waals surface area contributed by atoms with Gasteiger partial charge in [-0.2, -0.15) is 0 Å². The highest BCUT2D eigenvalue weighted by Gasteiger charge is 2.25. The highest BCUT2D eigenvalue weighted by atomic mass is 16.5. The number of hydrogen-bond acceptors (Lipinski definition) is 3. The molecule has 2 unspecified atom stereocenters. The first-order valence-electron chi connectivity index (χ1n) is 6.43. The molecule has 0 aromatic heterocycles. The van der Waals surface area contributed by atoms with E-state index in [1.165, 1.54) is 24.8 Å². The van der Waals surface area contributed by atoms with E-state index in [1.807, 2.05) is 12.1 Å². The number of ether oxygens (including phenoxy) is 1. The van der Waals surface area contributed by atoms with Gasteiger partial charge in [0.05, 0.1) is 7.11 Å². The molecule has 2 rings (SSSR count). The predicted octanol–water partition coefficient (Wildman–Crippen LogP) is 1.88. The highest BCUT2D eigenvalue weighted by Crippen LogP contribution is 2.30. The molecule has 1 aliphatic heterocycles. The number of para-hydroxylation sites is 1. The molecule has 1 fully saturated rings. The van der Waals surface area contributed by atoms with Crippen LogP contribution in [0.5, 0.6) is 5.75 Å². The molecule has 3 nitrogen and oxygen atoms in total. The molecule has 1 aromatic carbocycles. The molecule has 3 N–H and O–H groups in total. The largest absolute Gasteiger partial charge is 0.496 e. The molecule has 2 atom stereocenters. The Morgan fingerprint density at radius 1 is 1.41 bits per heavy atom. The van der Waals surface area contributed by atoms with Crippen LogP contribution in [-0.2, 0) is 0 Å². The van der Waals surface area contributed by atoms with E-state index in [0.29, 0.717) is 18.5 Å². The molecular weight excluding hydrogens is 212 g/mol. The van der Waals surface area contributed by atoms with Gasteiger partial charge in [-0.05, 0) is 25.5 Å². The monoisotopic (exact) mass is 234 g/mol. The number of methoxy groups -OCH3 is 1. The van der Waals surface area contributed by atoms with Gasteiger partial charge in [0.15, 0.2) is 0 Å². The van der Waals surface area contributed by atoms with Gasteiger partial charge in [0, 0.05) is 24.1 Å². The molecule has 0 bridgehead atoms. The third-order valence-corrected chi connectivity index (χ3v) is 3.63. The third-order valence-electron chi connectivity index (χ3n) is 3.63. The maximum Gasteiger partial charge on any atom is 0.122 e. The molecule has 1 saturated heterocycles. The van der Waals surface area contributed by atoms with Crippen molar-refractivity contribution in [3.05, 3.63) is 29.8 Å². The molecule has 1 heterocycles. The first-order valence-corrected chi connectivity index (χ1v) is 6.43. The lowest BCUT2D eigenvalue weighted by Crippen LogP contribution is -2.41. The van der Waals surface area contributed by atoms with Gasteiger partial charge in [0.2, 0.25) is 0 Å². The van der Waals surface area contributed by atoms with Gasteiger partial charge in [0.25, 0.3) is 0 Å². The second-order valence-electron chi connectivity index (χ2n) is 4.64. The lowest BCUT2D eigenvalue weighted by Gasteiger charge is -2.31. The molecule has 94 valence electrons. The van der Waals surface area contributed by atoms with Gasteiger partial charge < -0.3 is 15.8 Å². The van der Waals surface area contributed by atoms with Gasteiger partial charge >= 0.3 is 0 Å². The van der Waals surface area contributed by atoms with Gasteiger partial charge in [-0.3, -0.25) is 0 Å². The average Bonchev–Trinajstić information content (AvgIpc) is 2.41. The average molecular weight is 234 g/mol. The summed E-state index contributed by atoms with van der Waals surface area (Å²) < 4.78 is 5.44. The minimum atomic E-state index is 0.353. The molecule has 0 amide bonds. The van der Waals surface area contributed by atoms with E-state index in [9.17, 15) is 0 Å². The summed E-state index contributed by atoms with van der Waals surface area (Å²) in [5.41, 5.74) is 7.20. The topological polar surface area (TPSA) is 47.3 Å². The normalized spacial score (nSPS) is 22.1. The Hall–Kier alpha value is -1.06. The molecule has 0 saturated carbocycles. The second-order valence-corrected chi connectivity index (χ2v) is 4.64. The summed E-state index contributed by atoms with van der Waals surface area (Å²) in [6, 6.07) is 8.70. The van der Waals surface area contributed by atoms with E-state index in [-0.39, 0.29) is 0 Å². The summed E-state index contributed by atoms with van der Waals surface area (Å²) in [6.45, 7) is 1.77. The molecular formula is C14H22N2O. The van der Waals surface area contributed by atoms with Crippen LogP contribution in [0, 0.1) is 0 Å². The van der Waals surface area contributed by atoms with Crippen LogP contribution in [0.15, 0.2) is 24.3 Å². The fourth-order valence-electron chi connectivity index (χ4n) is 2.70. The van der Waals surface area contributed by atoms with Crippen LogP contribution in [0.2, 0.25) is 0 Å². The van der Waals surface area contributed by atoms with Crippen molar-refractivity contribution < 1.29 is 4.74 Å². The summed E-state index contributed by atoms with van der Waals surface area (Å²) in [7, 11) is 1.72. The molecule has 0 radical (unpaired) electrons. The van der Waals surface area contributed by atoms with E-state index in [1.54, 1.807) is 7.11 Å². The summed E-state index contributed by atoms with van der Waals surface area (Å²) >= 11 is 0. The predicted molar refractivity (Wildman–Crippen MR) is 70.4 cm³/mol. The fraction of sp³-hybridized carbons (Fsp3) is 0.571. The number of rotatable bonds is 4. The zero-order valence-corrected chi connectivity index (χ0v) is 10.5. The van der Waals surface area contributed by atoms with Crippen molar-refractivity contribution in [3.63, 3.8) is 0 Å². The molecule has 1 aliphatic rings. The Balaban J connectivity index is 2.21. The van der Waals surface area contributed by atoms with Crippen LogP contribution in [0.4, 0.5) is 0 Å². The van der Waals surface area contributed by atoms with Crippen molar-refractivity contribution in [2.75, 3.05) is 20.2 Å². The standard InChI is InChI=1S/C14H22N2O/c1-17-14-8-3-2-6-11(14)12(10-15)13-7-4-5-9-16-13/h2-3,6,8,12-13,16H,4-5,7,9-10,15H2,1H3. The third kappa shape index (κ3) is 2.79. The van der Waals surface area contributed by atoms with E-state index in [2.05, 4.69) is 17.4 Å². The van der Waals surface area contributed by atoms with Crippen LogP contribution in [0.1, 0.15) is 30.7 Å². The number of nitrogens with two attached hydrogens (primary N) is 1. The zero-order valence-electron chi connectivity index (χ0n) is 10.5. The lowest BCUT2D eigenvalue weighted by molar-refractivity contribution is 0.341. The molecule has 17 heavy (non-hydrogen) atoms. The summed E-state index contributed by atoms with van der Waals surface area (Å²) in [5, 5.41) is 3.58. The Labute approximate surface area is 103 Å². The first-order chi connectivity index (χ1) is 8.36. The first kappa shape index (κ1) is 12.4. The quantitative estimate of drug-likeness (QED) is 0.836. The highest BCUT2D eigenvalue weighted by molar-refractivity contribution is 5.37. The maximum atomic E-state index is 5.96. The number of piperidine rings is 1. The van der Waals surface area contributed by atoms with Gasteiger partial charge in [0.1, 0.15) is 5.75 Å². The fourth-order valence-corrected chi connectivity index (χ4v) is 2.70. The van der Waals surface area contributed by atoms with E-state index >= 15 is 0 Å². The maximum absolute atomic E-state index is 5.96. The second kappa shape index (κ2) is 6.03. The van der Waals surface area contributed by atoms with Crippen molar-refractivity contribution in [2.24, 2.45) is 5.73 Å². The Bertz CT molecular complexity index is 348. The minimum absolute atomic E-state index is 0.353. The van der Waals surface area contributed by atoms with Crippen molar-refractivity contribution >= 4 is 0 Å². The summed E-state index contributed by atoms with van der Waals surface area (Å²) in [5.74, 6) is 1.31. The van der Waals surface area contributed by atoms with Crippen molar-refractivity contribution in [3.8, 4) is 5.75 Å². The van der Waals surface area contributed by atoms with Crippen molar-refractivity contribution in [1.82, 2.24) is 5.32 Å². The van der Waals surface area contributed by atoms with Crippen LogP contribution < -0.4 is 15.8 Å². The van der Waals surface area contributed by atoms with Crippen LogP contribution >= 0.6 is 0 Å². The molecule has 1 aromatic rings. The van der Waals surface area contributed by atoms with Gasteiger partial charge in [-0.15, -0.1) is 0 Å². The van der Waals surface area contributed by atoms with Crippen LogP contribution in [0.3, 0.4) is 0 Å². The van der Waals surface area contributed by atoms with Crippen molar-refractivity contribution in [1.29, 1.82) is 0 Å². The van der Waals surface area contributed by atoms with E-state index in [4.69, 9.17) is 10.5 Å². The van der Waals surface area contributed by atoms with Crippen LogP contribution in [-0.4, -0.2) is 26.2 Å². The Morgan fingerprint density at radius 3 is 2.88 bits per heavy atom. The molecule has 0 aliphatic carbocycles. The van der Waals surface area contributed by atoms with E-state index < -0.39 is 0 Å². The Morgan fingerprint density at radius 2 is 2.24 bits per heavy atom.